The summed E-state index contributed by atoms with van der Waals surface area (Å²) in [4.78, 5) is 2.84. The van der Waals surface area contributed by atoms with Crippen molar-refractivity contribution in [2.45, 2.75) is 76.8 Å². The fraction of sp³-hybridized carbons (Fsp3) is 1.00. The Morgan fingerprint density at radius 3 is 2.48 bits per heavy atom. The smallest absolute Gasteiger partial charge is 0.0471 e. The van der Waals surface area contributed by atoms with Crippen LogP contribution in [0.5, 0.6) is 0 Å². The largest absolute Gasteiger partial charge is 0.381 e. The highest BCUT2D eigenvalue weighted by Crippen LogP contribution is 2.36. The third-order valence-electron chi connectivity index (χ3n) is 6.30. The van der Waals surface area contributed by atoms with Crippen molar-refractivity contribution in [3.63, 3.8) is 0 Å². The second-order valence-electron chi connectivity index (χ2n) is 8.11. The average Bonchev–Trinajstić information content (AvgIpc) is 2.49. The minimum atomic E-state index is 0.436. The summed E-state index contributed by atoms with van der Waals surface area (Å²) in [6, 6.07) is 0.734. The van der Waals surface area contributed by atoms with Gasteiger partial charge in [-0.15, -0.1) is 0 Å². The highest BCUT2D eigenvalue weighted by molar-refractivity contribution is 5.00. The zero-order valence-electron chi connectivity index (χ0n) is 14.1. The normalized spacial score (nSPS) is 33.1. The lowest BCUT2D eigenvalue weighted by atomic mass is 9.77. The molecule has 21 heavy (non-hydrogen) atoms. The van der Waals surface area contributed by atoms with Gasteiger partial charge < -0.3 is 10.1 Å². The Morgan fingerprint density at radius 1 is 1.10 bits per heavy atom. The number of hydrogen-bond donors (Lipinski definition) is 1. The van der Waals surface area contributed by atoms with Crippen LogP contribution in [0.15, 0.2) is 0 Å². The number of rotatable bonds is 3. The van der Waals surface area contributed by atoms with E-state index in [4.69, 9.17) is 4.74 Å². The predicted octanol–water partition coefficient (Wildman–Crippen LogP) is 3.19. The molecule has 1 atom stereocenters. The van der Waals surface area contributed by atoms with E-state index in [9.17, 15) is 0 Å². The van der Waals surface area contributed by atoms with Crippen molar-refractivity contribution in [3.8, 4) is 0 Å². The second kappa shape index (κ2) is 6.55. The van der Waals surface area contributed by atoms with Crippen LogP contribution < -0.4 is 5.32 Å². The quantitative estimate of drug-likeness (QED) is 0.865. The molecule has 2 saturated heterocycles. The van der Waals surface area contributed by atoms with Gasteiger partial charge in [0.15, 0.2) is 0 Å². The van der Waals surface area contributed by atoms with E-state index in [0.717, 1.165) is 19.3 Å². The van der Waals surface area contributed by atoms with E-state index in [1.54, 1.807) is 0 Å². The highest BCUT2D eigenvalue weighted by Gasteiger charge is 2.41. The van der Waals surface area contributed by atoms with E-state index in [2.05, 4.69) is 24.1 Å². The monoisotopic (exact) mass is 294 g/mol. The summed E-state index contributed by atoms with van der Waals surface area (Å²) in [6.45, 7) is 10.5. The highest BCUT2D eigenvalue weighted by atomic mass is 16.5. The van der Waals surface area contributed by atoms with Crippen molar-refractivity contribution in [1.82, 2.24) is 10.2 Å². The maximum Gasteiger partial charge on any atom is 0.0471 e. The maximum absolute atomic E-state index is 5.59. The molecular weight excluding hydrogens is 260 g/mol. The van der Waals surface area contributed by atoms with Gasteiger partial charge in [-0.2, -0.15) is 0 Å². The van der Waals surface area contributed by atoms with Gasteiger partial charge in [0, 0.05) is 44.4 Å². The molecule has 1 unspecified atom stereocenters. The van der Waals surface area contributed by atoms with Gasteiger partial charge in [0.2, 0.25) is 0 Å². The van der Waals surface area contributed by atoms with Gasteiger partial charge in [0.05, 0.1) is 0 Å². The fourth-order valence-electron chi connectivity index (χ4n) is 4.70. The summed E-state index contributed by atoms with van der Waals surface area (Å²) < 4.78 is 5.59. The topological polar surface area (TPSA) is 24.5 Å². The molecule has 1 N–H and O–H groups in total. The number of hydrogen-bond acceptors (Lipinski definition) is 3. The number of piperazine rings is 1. The van der Waals surface area contributed by atoms with Gasteiger partial charge in [0.1, 0.15) is 0 Å². The first kappa shape index (κ1) is 15.8. The molecule has 3 nitrogen and oxygen atoms in total. The van der Waals surface area contributed by atoms with Crippen molar-refractivity contribution >= 4 is 0 Å². The number of ether oxygens (including phenoxy) is 1. The minimum absolute atomic E-state index is 0.436. The zero-order valence-corrected chi connectivity index (χ0v) is 14.1. The molecule has 3 heteroatoms. The third kappa shape index (κ3) is 3.62. The molecule has 1 aliphatic carbocycles. The van der Waals surface area contributed by atoms with Crippen LogP contribution in [0, 0.1) is 5.41 Å². The van der Waals surface area contributed by atoms with Crippen LogP contribution in [0.2, 0.25) is 0 Å². The average molecular weight is 294 g/mol. The summed E-state index contributed by atoms with van der Waals surface area (Å²) in [5, 5.41) is 3.95. The lowest BCUT2D eigenvalue weighted by Gasteiger charge is -2.52. The predicted molar refractivity (Wildman–Crippen MR) is 87.6 cm³/mol. The molecule has 3 fully saturated rings. The summed E-state index contributed by atoms with van der Waals surface area (Å²) in [7, 11) is 0. The molecule has 122 valence electrons. The first-order valence-electron chi connectivity index (χ1n) is 9.22. The Balaban J connectivity index is 1.67. The van der Waals surface area contributed by atoms with Gasteiger partial charge in [-0.1, -0.05) is 33.1 Å². The van der Waals surface area contributed by atoms with Crippen LogP contribution in [0.3, 0.4) is 0 Å². The molecule has 1 spiro atoms. The van der Waals surface area contributed by atoms with E-state index in [1.807, 2.05) is 0 Å². The van der Waals surface area contributed by atoms with Crippen molar-refractivity contribution in [1.29, 1.82) is 0 Å². The van der Waals surface area contributed by atoms with Crippen LogP contribution in [-0.2, 0) is 4.74 Å². The third-order valence-corrected chi connectivity index (χ3v) is 6.30. The van der Waals surface area contributed by atoms with Crippen molar-refractivity contribution in [3.05, 3.63) is 0 Å². The summed E-state index contributed by atoms with van der Waals surface area (Å²) in [5.41, 5.74) is 0.907. The first-order chi connectivity index (χ1) is 10.1. The van der Waals surface area contributed by atoms with Crippen molar-refractivity contribution in [2.75, 3.05) is 32.8 Å². The van der Waals surface area contributed by atoms with Gasteiger partial charge >= 0.3 is 0 Å². The molecule has 3 aliphatic rings. The maximum atomic E-state index is 5.59. The molecule has 1 saturated carbocycles. The second-order valence-corrected chi connectivity index (χ2v) is 8.11. The molecule has 3 rings (SSSR count). The van der Waals surface area contributed by atoms with Crippen LogP contribution in [0.25, 0.3) is 0 Å². The van der Waals surface area contributed by atoms with E-state index >= 15 is 0 Å². The summed E-state index contributed by atoms with van der Waals surface area (Å²) >= 11 is 0. The fourth-order valence-corrected chi connectivity index (χ4v) is 4.70. The van der Waals surface area contributed by atoms with Gasteiger partial charge in [-0.05, 0) is 37.5 Å². The zero-order chi connectivity index (χ0) is 14.8. The first-order valence-corrected chi connectivity index (χ1v) is 9.22. The Morgan fingerprint density at radius 2 is 1.81 bits per heavy atom. The van der Waals surface area contributed by atoms with Crippen LogP contribution in [-0.4, -0.2) is 49.3 Å². The lowest BCUT2D eigenvalue weighted by molar-refractivity contribution is -0.0251. The van der Waals surface area contributed by atoms with Crippen LogP contribution >= 0.6 is 0 Å². The molecule has 0 bridgehead atoms. The number of nitrogens with zero attached hydrogens (tertiary/aromatic N) is 1. The molecule has 0 aromatic rings. The molecule has 2 aliphatic heterocycles. The Labute approximate surface area is 130 Å². The van der Waals surface area contributed by atoms with Crippen molar-refractivity contribution in [2.24, 2.45) is 5.41 Å². The number of nitrogens with one attached hydrogen (secondary N) is 1. The lowest BCUT2D eigenvalue weighted by Crippen LogP contribution is -2.65. The minimum Gasteiger partial charge on any atom is -0.381 e. The van der Waals surface area contributed by atoms with Crippen LogP contribution in [0.4, 0.5) is 0 Å². The summed E-state index contributed by atoms with van der Waals surface area (Å²) in [6.07, 6.45) is 10.8. The Hall–Kier alpha value is -0.120. The van der Waals surface area contributed by atoms with E-state index in [1.165, 1.54) is 71.0 Å². The molecule has 2 heterocycles. The Kier molecular flexibility index (Phi) is 4.92. The summed E-state index contributed by atoms with van der Waals surface area (Å²) in [5.74, 6) is 0. The van der Waals surface area contributed by atoms with Crippen molar-refractivity contribution < 1.29 is 4.74 Å². The molecule has 0 amide bonds. The van der Waals surface area contributed by atoms with Gasteiger partial charge in [-0.25, -0.2) is 0 Å². The molecular formula is C18H34N2O. The van der Waals surface area contributed by atoms with Gasteiger partial charge in [0.25, 0.3) is 0 Å². The van der Waals surface area contributed by atoms with E-state index in [0.29, 0.717) is 11.0 Å². The Bertz CT molecular complexity index is 330. The van der Waals surface area contributed by atoms with E-state index in [-0.39, 0.29) is 0 Å². The van der Waals surface area contributed by atoms with Crippen LogP contribution in [0.1, 0.15) is 65.2 Å². The molecule has 0 aromatic carbocycles. The molecule has 0 aromatic heterocycles. The SMILES string of the molecule is CCC1CNC2(CCCCC2)CN1CC1(C)CCOCC1. The van der Waals surface area contributed by atoms with Gasteiger partial charge in [-0.3, -0.25) is 4.90 Å². The van der Waals surface area contributed by atoms with E-state index < -0.39 is 0 Å². The molecule has 0 radical (unpaired) electrons. The standard InChI is InChI=1S/C18H34N2O/c1-3-16-13-19-18(7-5-4-6-8-18)15-20(16)14-17(2)9-11-21-12-10-17/h16,19H,3-15H2,1-2H3.